The zero-order valence-electron chi connectivity index (χ0n) is 9.45. The highest BCUT2D eigenvalue weighted by Crippen LogP contribution is 2.33. The summed E-state index contributed by atoms with van der Waals surface area (Å²) in [4.78, 5) is -0.394. The maximum absolute atomic E-state index is 12.9. The zero-order chi connectivity index (χ0) is 13.2. The number of aromatic nitrogens is 3. The molecule has 0 amide bonds. The van der Waals surface area contributed by atoms with Gasteiger partial charge < -0.3 is 5.73 Å². The van der Waals surface area contributed by atoms with Gasteiger partial charge in [0.15, 0.2) is 11.4 Å². The second-order valence-electron chi connectivity index (χ2n) is 3.56. The minimum atomic E-state index is -4.56. The molecule has 0 saturated carbocycles. The number of hydrogen-bond donors (Lipinski definition) is 1. The summed E-state index contributed by atoms with van der Waals surface area (Å²) in [6, 6.07) is -0.359. The number of alkyl halides is 3. The molecule has 0 aliphatic heterocycles. The lowest BCUT2D eigenvalue weighted by Crippen LogP contribution is -2.23. The van der Waals surface area contributed by atoms with Gasteiger partial charge in [-0.15, -0.1) is 5.10 Å². The fraction of sp³-hybridized carbons (Fsp3) is 0.667. The van der Waals surface area contributed by atoms with E-state index in [0.29, 0.717) is 12.8 Å². The summed E-state index contributed by atoms with van der Waals surface area (Å²) < 4.78 is 39.6. The van der Waals surface area contributed by atoms with Crippen LogP contribution in [0.5, 0.6) is 0 Å². The lowest BCUT2D eigenvalue weighted by Gasteiger charge is -2.17. The van der Waals surface area contributed by atoms with Crippen LogP contribution >= 0.6 is 12.2 Å². The Bertz CT molecular complexity index is 409. The topological polar surface area (TPSA) is 56.7 Å². The molecule has 8 heteroatoms. The molecule has 1 heterocycles. The molecular formula is C9H13F3N4S. The van der Waals surface area contributed by atoms with Crippen molar-refractivity contribution in [3.8, 4) is 0 Å². The number of rotatable bonds is 4. The Morgan fingerprint density at radius 3 is 2.29 bits per heavy atom. The van der Waals surface area contributed by atoms with E-state index in [1.54, 1.807) is 13.8 Å². The first kappa shape index (κ1) is 13.9. The molecule has 4 nitrogen and oxygen atoms in total. The SMILES string of the molecule is CCC(CC)n1nnc(C(N)=S)c1C(F)(F)F. The Labute approximate surface area is 102 Å². The van der Waals surface area contributed by atoms with Crippen molar-refractivity contribution in [1.82, 2.24) is 15.0 Å². The first-order valence-corrected chi connectivity index (χ1v) is 5.55. The van der Waals surface area contributed by atoms with Crippen LogP contribution in [-0.4, -0.2) is 20.0 Å². The van der Waals surface area contributed by atoms with Gasteiger partial charge in [-0.2, -0.15) is 13.2 Å². The Morgan fingerprint density at radius 2 is 1.94 bits per heavy atom. The van der Waals surface area contributed by atoms with Gasteiger partial charge in [0, 0.05) is 0 Å². The van der Waals surface area contributed by atoms with E-state index in [2.05, 4.69) is 22.5 Å². The zero-order valence-corrected chi connectivity index (χ0v) is 10.3. The van der Waals surface area contributed by atoms with Crippen LogP contribution in [0.15, 0.2) is 0 Å². The molecule has 0 aromatic carbocycles. The van der Waals surface area contributed by atoms with Gasteiger partial charge >= 0.3 is 6.18 Å². The molecule has 0 unspecified atom stereocenters. The van der Waals surface area contributed by atoms with E-state index in [1.165, 1.54) is 0 Å². The second kappa shape index (κ2) is 4.99. The van der Waals surface area contributed by atoms with Crippen LogP contribution in [0.25, 0.3) is 0 Å². The van der Waals surface area contributed by atoms with Crippen molar-refractivity contribution in [2.24, 2.45) is 5.73 Å². The van der Waals surface area contributed by atoms with E-state index in [9.17, 15) is 13.2 Å². The lowest BCUT2D eigenvalue weighted by atomic mass is 10.1. The van der Waals surface area contributed by atoms with Crippen molar-refractivity contribution >= 4 is 17.2 Å². The first-order valence-electron chi connectivity index (χ1n) is 5.15. The number of nitrogens with two attached hydrogens (primary N) is 1. The summed E-state index contributed by atoms with van der Waals surface area (Å²) in [5.41, 5.74) is 3.80. The van der Waals surface area contributed by atoms with Gasteiger partial charge in [0.05, 0.1) is 6.04 Å². The van der Waals surface area contributed by atoms with Crippen molar-refractivity contribution in [2.75, 3.05) is 0 Å². The van der Waals surface area contributed by atoms with Crippen molar-refractivity contribution in [2.45, 2.75) is 38.9 Å². The van der Waals surface area contributed by atoms with Crippen molar-refractivity contribution in [1.29, 1.82) is 0 Å². The third-order valence-electron chi connectivity index (χ3n) is 2.48. The number of hydrogen-bond acceptors (Lipinski definition) is 3. The maximum Gasteiger partial charge on any atom is 0.435 e. The molecule has 1 rings (SSSR count). The quantitative estimate of drug-likeness (QED) is 0.849. The molecule has 1 aromatic heterocycles. The second-order valence-corrected chi connectivity index (χ2v) is 4.00. The number of nitrogens with zero attached hydrogens (tertiary/aromatic N) is 3. The third kappa shape index (κ3) is 2.74. The molecule has 0 bridgehead atoms. The molecule has 0 saturated heterocycles. The molecule has 0 atom stereocenters. The summed E-state index contributed by atoms with van der Waals surface area (Å²) in [5, 5.41) is 6.95. The minimum absolute atomic E-state index is 0.359. The van der Waals surface area contributed by atoms with Gasteiger partial charge in [-0.25, -0.2) is 4.68 Å². The van der Waals surface area contributed by atoms with Gasteiger partial charge in [0.2, 0.25) is 0 Å². The standard InChI is InChI=1S/C9H13F3N4S/c1-3-5(4-2)16-7(9(10,11)12)6(8(13)17)14-15-16/h5H,3-4H2,1-2H3,(H2,13,17). The molecule has 0 fully saturated rings. The Kier molecular flexibility index (Phi) is 4.07. The normalized spacial score (nSPS) is 12.1. The van der Waals surface area contributed by atoms with Crippen molar-refractivity contribution in [3.05, 3.63) is 11.4 Å². The van der Waals surface area contributed by atoms with Crippen LogP contribution in [0, 0.1) is 0 Å². The van der Waals surface area contributed by atoms with E-state index in [0.717, 1.165) is 4.68 Å². The molecular weight excluding hydrogens is 253 g/mol. The third-order valence-corrected chi connectivity index (χ3v) is 2.68. The van der Waals surface area contributed by atoms with E-state index < -0.39 is 22.6 Å². The minimum Gasteiger partial charge on any atom is -0.388 e. The van der Waals surface area contributed by atoms with Gasteiger partial charge in [-0.3, -0.25) is 0 Å². The molecule has 0 aliphatic carbocycles. The summed E-state index contributed by atoms with van der Waals surface area (Å²) >= 11 is 4.55. The van der Waals surface area contributed by atoms with Gasteiger partial charge in [0.25, 0.3) is 0 Å². The van der Waals surface area contributed by atoms with Gasteiger partial charge in [-0.05, 0) is 12.8 Å². The summed E-state index contributed by atoms with van der Waals surface area (Å²) in [7, 11) is 0. The van der Waals surface area contributed by atoms with Crippen molar-refractivity contribution < 1.29 is 13.2 Å². The van der Waals surface area contributed by atoms with Crippen LogP contribution in [0.2, 0.25) is 0 Å². The highest BCUT2D eigenvalue weighted by Gasteiger charge is 2.41. The predicted molar refractivity (Wildman–Crippen MR) is 60.5 cm³/mol. The van der Waals surface area contributed by atoms with Crippen LogP contribution in [0.3, 0.4) is 0 Å². The molecule has 0 aliphatic rings. The molecule has 0 radical (unpaired) electrons. The van der Waals surface area contributed by atoms with Crippen LogP contribution in [0.4, 0.5) is 13.2 Å². The highest BCUT2D eigenvalue weighted by molar-refractivity contribution is 7.80. The maximum atomic E-state index is 12.9. The summed E-state index contributed by atoms with van der Waals surface area (Å²) in [6.07, 6.45) is -3.51. The first-order chi connectivity index (χ1) is 7.82. The molecule has 1 aromatic rings. The summed E-state index contributed by atoms with van der Waals surface area (Å²) in [5.74, 6) is 0. The van der Waals surface area contributed by atoms with E-state index in [4.69, 9.17) is 5.73 Å². The van der Waals surface area contributed by atoms with Gasteiger partial charge in [0.1, 0.15) is 4.99 Å². The Balaban J connectivity index is 3.37. The summed E-state index contributed by atoms with van der Waals surface area (Å²) in [6.45, 7) is 3.58. The average Bonchev–Trinajstić information content (AvgIpc) is 2.63. The predicted octanol–water partition coefficient (Wildman–Crippen LogP) is 2.29. The highest BCUT2D eigenvalue weighted by atomic mass is 32.1. The monoisotopic (exact) mass is 266 g/mol. The van der Waals surface area contributed by atoms with Crippen LogP contribution in [-0.2, 0) is 6.18 Å². The average molecular weight is 266 g/mol. The molecule has 17 heavy (non-hydrogen) atoms. The number of thiocarbonyl (C=S) groups is 1. The largest absolute Gasteiger partial charge is 0.435 e. The Morgan fingerprint density at radius 1 is 1.41 bits per heavy atom. The number of halogens is 3. The van der Waals surface area contributed by atoms with Gasteiger partial charge in [-0.1, -0.05) is 31.3 Å². The fourth-order valence-corrected chi connectivity index (χ4v) is 1.75. The lowest BCUT2D eigenvalue weighted by molar-refractivity contribution is -0.145. The van der Waals surface area contributed by atoms with E-state index in [-0.39, 0.29) is 6.04 Å². The molecule has 2 N–H and O–H groups in total. The van der Waals surface area contributed by atoms with Crippen LogP contribution < -0.4 is 5.73 Å². The van der Waals surface area contributed by atoms with Crippen molar-refractivity contribution in [3.63, 3.8) is 0 Å². The smallest absolute Gasteiger partial charge is 0.388 e. The molecule has 0 spiro atoms. The van der Waals surface area contributed by atoms with Crippen LogP contribution in [0.1, 0.15) is 44.1 Å². The molecule has 96 valence electrons. The Hall–Kier alpha value is -1.18. The van der Waals surface area contributed by atoms with E-state index >= 15 is 0 Å². The van der Waals surface area contributed by atoms with E-state index in [1.807, 2.05) is 0 Å². The fourth-order valence-electron chi connectivity index (χ4n) is 1.61.